The zero-order chi connectivity index (χ0) is 11.5. The maximum atomic E-state index is 10.7. The second kappa shape index (κ2) is 4.63. The Morgan fingerprint density at radius 1 is 1.60 bits per heavy atom. The van der Waals surface area contributed by atoms with Gasteiger partial charge in [-0.1, -0.05) is 13.3 Å². The van der Waals surface area contributed by atoms with Gasteiger partial charge in [-0.3, -0.25) is 0 Å². The van der Waals surface area contributed by atoms with Crippen molar-refractivity contribution in [3.05, 3.63) is 0 Å². The summed E-state index contributed by atoms with van der Waals surface area (Å²) in [5, 5.41) is 27.3. The van der Waals surface area contributed by atoms with Crippen LogP contribution in [0.2, 0.25) is 0 Å². The van der Waals surface area contributed by atoms with Crippen molar-refractivity contribution >= 4 is 5.97 Å². The molecule has 0 aromatic rings. The average Bonchev–Trinajstić information content (AvgIpc) is 2.28. The Morgan fingerprint density at radius 3 is 2.47 bits per heavy atom. The smallest absolute Gasteiger partial charge is 0.334 e. The summed E-state index contributed by atoms with van der Waals surface area (Å²) >= 11 is 0. The Bertz CT molecular complexity index is 274. The van der Waals surface area contributed by atoms with Crippen LogP contribution in [0.1, 0.15) is 39.0 Å². The van der Waals surface area contributed by atoms with Crippen molar-refractivity contribution in [3.8, 4) is 6.07 Å². The first kappa shape index (κ1) is 12.0. The molecule has 1 aliphatic carbocycles. The van der Waals surface area contributed by atoms with Crippen LogP contribution in [0.5, 0.6) is 0 Å². The molecule has 15 heavy (non-hydrogen) atoms. The van der Waals surface area contributed by atoms with E-state index in [4.69, 9.17) is 10.4 Å². The standard InChI is InChI=1S/C11H17NO3/c1-2-8-3-5-11(7-12,6-4-8)9(13)10(14)15/h8-9,13H,2-6H2,1H3,(H,14,15). The molecule has 0 aromatic carbocycles. The van der Waals surface area contributed by atoms with E-state index < -0.39 is 17.5 Å². The number of carboxylic acids is 1. The highest BCUT2D eigenvalue weighted by atomic mass is 16.4. The highest BCUT2D eigenvalue weighted by molar-refractivity contribution is 5.73. The van der Waals surface area contributed by atoms with Crippen molar-refractivity contribution in [3.63, 3.8) is 0 Å². The van der Waals surface area contributed by atoms with Crippen molar-refractivity contribution in [2.75, 3.05) is 0 Å². The molecule has 0 aromatic heterocycles. The third-order valence-electron chi connectivity index (χ3n) is 3.55. The number of hydrogen-bond acceptors (Lipinski definition) is 3. The number of carbonyl (C=O) groups is 1. The van der Waals surface area contributed by atoms with Crippen molar-refractivity contribution in [2.45, 2.75) is 45.1 Å². The summed E-state index contributed by atoms with van der Waals surface area (Å²) in [5.74, 6) is -0.709. The first-order valence-corrected chi connectivity index (χ1v) is 5.38. The van der Waals surface area contributed by atoms with Gasteiger partial charge in [0.25, 0.3) is 0 Å². The van der Waals surface area contributed by atoms with E-state index in [0.29, 0.717) is 18.8 Å². The second-order valence-corrected chi connectivity index (χ2v) is 4.36. The molecule has 1 fully saturated rings. The number of aliphatic hydroxyl groups excluding tert-OH is 1. The van der Waals surface area contributed by atoms with E-state index in [9.17, 15) is 9.90 Å². The molecule has 0 radical (unpaired) electrons. The van der Waals surface area contributed by atoms with E-state index in [1.54, 1.807) is 0 Å². The van der Waals surface area contributed by atoms with Crippen molar-refractivity contribution in [1.29, 1.82) is 5.26 Å². The molecule has 0 aliphatic heterocycles. The van der Waals surface area contributed by atoms with Gasteiger partial charge in [-0.15, -0.1) is 0 Å². The number of aliphatic carboxylic acids is 1. The molecule has 1 rings (SSSR count). The fraction of sp³-hybridized carbons (Fsp3) is 0.818. The minimum atomic E-state index is -1.54. The molecule has 4 heteroatoms. The van der Waals surface area contributed by atoms with Crippen LogP contribution in [-0.4, -0.2) is 22.3 Å². The van der Waals surface area contributed by atoms with Crippen LogP contribution in [0.15, 0.2) is 0 Å². The van der Waals surface area contributed by atoms with E-state index in [1.165, 1.54) is 0 Å². The maximum Gasteiger partial charge on any atom is 0.334 e. The Labute approximate surface area is 89.5 Å². The lowest BCUT2D eigenvalue weighted by Gasteiger charge is -2.36. The van der Waals surface area contributed by atoms with Gasteiger partial charge in [0.15, 0.2) is 6.10 Å². The lowest BCUT2D eigenvalue weighted by atomic mass is 9.67. The molecule has 2 N–H and O–H groups in total. The van der Waals surface area contributed by atoms with Crippen LogP contribution >= 0.6 is 0 Å². The van der Waals surface area contributed by atoms with Crippen molar-refractivity contribution in [1.82, 2.24) is 0 Å². The minimum Gasteiger partial charge on any atom is -0.479 e. The number of carboxylic acid groups (broad SMARTS) is 1. The van der Waals surface area contributed by atoms with E-state index in [2.05, 4.69) is 6.92 Å². The summed E-state index contributed by atoms with van der Waals surface area (Å²) in [6.07, 6.45) is 2.19. The lowest BCUT2D eigenvalue weighted by molar-refractivity contribution is -0.153. The highest BCUT2D eigenvalue weighted by Gasteiger charge is 2.44. The largest absolute Gasteiger partial charge is 0.479 e. The Hall–Kier alpha value is -1.08. The van der Waals surface area contributed by atoms with Crippen molar-refractivity contribution < 1.29 is 15.0 Å². The normalized spacial score (nSPS) is 33.0. The molecule has 0 heterocycles. The number of hydrogen-bond donors (Lipinski definition) is 2. The second-order valence-electron chi connectivity index (χ2n) is 4.36. The van der Waals surface area contributed by atoms with Crippen LogP contribution < -0.4 is 0 Å². The molecule has 1 unspecified atom stereocenters. The Morgan fingerprint density at radius 2 is 2.13 bits per heavy atom. The van der Waals surface area contributed by atoms with Crippen LogP contribution in [0.4, 0.5) is 0 Å². The molecule has 1 atom stereocenters. The van der Waals surface area contributed by atoms with Crippen LogP contribution in [0, 0.1) is 22.7 Å². The third-order valence-corrected chi connectivity index (χ3v) is 3.55. The summed E-state index contributed by atoms with van der Waals surface area (Å²) in [6, 6.07) is 2.01. The molecule has 0 spiro atoms. The highest BCUT2D eigenvalue weighted by Crippen LogP contribution is 2.42. The first-order valence-electron chi connectivity index (χ1n) is 5.38. The van der Waals surface area contributed by atoms with Gasteiger partial charge in [0.1, 0.15) is 0 Å². The van der Waals surface area contributed by atoms with Gasteiger partial charge < -0.3 is 10.2 Å². The monoisotopic (exact) mass is 211 g/mol. The van der Waals surface area contributed by atoms with E-state index in [1.807, 2.05) is 6.07 Å². The Kier molecular flexibility index (Phi) is 3.70. The first-order chi connectivity index (χ1) is 7.05. The lowest BCUT2D eigenvalue weighted by Crippen LogP contribution is -2.42. The number of aliphatic hydroxyl groups is 1. The van der Waals surface area contributed by atoms with Crippen LogP contribution in [0.25, 0.3) is 0 Å². The fourth-order valence-electron chi connectivity index (χ4n) is 2.28. The van der Waals surface area contributed by atoms with Gasteiger partial charge in [0, 0.05) is 0 Å². The molecule has 0 saturated heterocycles. The van der Waals surface area contributed by atoms with E-state index >= 15 is 0 Å². The zero-order valence-electron chi connectivity index (χ0n) is 8.94. The van der Waals surface area contributed by atoms with Gasteiger partial charge in [-0.2, -0.15) is 5.26 Å². The van der Waals surface area contributed by atoms with Gasteiger partial charge in [-0.25, -0.2) is 4.79 Å². The molecule has 0 amide bonds. The van der Waals surface area contributed by atoms with Crippen molar-refractivity contribution in [2.24, 2.45) is 11.3 Å². The summed E-state index contributed by atoms with van der Waals surface area (Å²) in [5.41, 5.74) is -1.06. The molecule has 1 aliphatic rings. The zero-order valence-corrected chi connectivity index (χ0v) is 8.94. The van der Waals surface area contributed by atoms with Gasteiger partial charge in [0.05, 0.1) is 11.5 Å². The summed E-state index contributed by atoms with van der Waals surface area (Å²) < 4.78 is 0. The third kappa shape index (κ3) is 2.29. The number of nitrogens with zero attached hydrogens (tertiary/aromatic N) is 1. The van der Waals surface area contributed by atoms with Crippen LogP contribution in [0.3, 0.4) is 0 Å². The number of rotatable bonds is 3. The van der Waals surface area contributed by atoms with E-state index in [0.717, 1.165) is 19.3 Å². The van der Waals surface area contributed by atoms with Gasteiger partial charge in [-0.05, 0) is 31.6 Å². The molecular weight excluding hydrogens is 194 g/mol. The quantitative estimate of drug-likeness (QED) is 0.742. The van der Waals surface area contributed by atoms with Crippen LogP contribution in [-0.2, 0) is 4.79 Å². The van der Waals surface area contributed by atoms with Gasteiger partial charge in [0.2, 0.25) is 0 Å². The topological polar surface area (TPSA) is 81.3 Å². The van der Waals surface area contributed by atoms with E-state index in [-0.39, 0.29) is 0 Å². The Balaban J connectivity index is 2.73. The SMILES string of the molecule is CCC1CCC(C#N)(C(O)C(=O)O)CC1. The maximum absolute atomic E-state index is 10.7. The predicted molar refractivity (Wildman–Crippen MR) is 53.9 cm³/mol. The predicted octanol–water partition coefficient (Wildman–Crippen LogP) is 1.54. The number of nitriles is 1. The average molecular weight is 211 g/mol. The molecule has 4 nitrogen and oxygen atoms in total. The molecular formula is C11H17NO3. The summed E-state index contributed by atoms with van der Waals surface area (Å²) in [6.45, 7) is 2.09. The molecule has 84 valence electrons. The molecule has 1 saturated carbocycles. The van der Waals surface area contributed by atoms with Gasteiger partial charge >= 0.3 is 5.97 Å². The molecule has 0 bridgehead atoms. The fourth-order valence-corrected chi connectivity index (χ4v) is 2.28. The summed E-state index contributed by atoms with van der Waals surface area (Å²) in [4.78, 5) is 10.7. The minimum absolute atomic E-state index is 0.496. The summed E-state index contributed by atoms with van der Waals surface area (Å²) in [7, 11) is 0.